The maximum atomic E-state index is 13.2. The van der Waals surface area contributed by atoms with E-state index in [1.807, 2.05) is 26.8 Å². The van der Waals surface area contributed by atoms with Gasteiger partial charge in [0.25, 0.3) is 5.91 Å². The van der Waals surface area contributed by atoms with Crippen molar-refractivity contribution in [3.8, 4) is 0 Å². The van der Waals surface area contributed by atoms with Crippen molar-refractivity contribution in [1.29, 1.82) is 0 Å². The molecule has 2 aromatic rings. The lowest BCUT2D eigenvalue weighted by Gasteiger charge is -2.29. The minimum absolute atomic E-state index is 0.115. The Morgan fingerprint density at radius 2 is 1.94 bits per heavy atom. The second-order valence-corrected chi connectivity index (χ2v) is 10.4. The van der Waals surface area contributed by atoms with Crippen LogP contribution in [0.15, 0.2) is 24.3 Å². The van der Waals surface area contributed by atoms with Crippen LogP contribution in [0.2, 0.25) is 5.02 Å². The summed E-state index contributed by atoms with van der Waals surface area (Å²) in [6, 6.07) is 5.05. The number of aromatic amines is 1. The van der Waals surface area contributed by atoms with Gasteiger partial charge in [0.05, 0.1) is 10.5 Å². The molecule has 4 amide bonds. The van der Waals surface area contributed by atoms with Crippen molar-refractivity contribution >= 4 is 46.1 Å². The Morgan fingerprint density at radius 1 is 1.21 bits per heavy atom. The lowest BCUT2D eigenvalue weighted by molar-refractivity contribution is -0.131. The number of rotatable bonds is 8. The fraction of sp³-hybridized carbons (Fsp3) is 0.500. The van der Waals surface area contributed by atoms with Crippen LogP contribution in [0, 0.1) is 11.3 Å². The molecular weight excluding hydrogens is 458 g/mol. The van der Waals surface area contributed by atoms with E-state index in [2.05, 4.69) is 20.9 Å². The van der Waals surface area contributed by atoms with Crippen molar-refractivity contribution in [3.63, 3.8) is 0 Å². The molecule has 1 fully saturated rings. The van der Waals surface area contributed by atoms with Crippen molar-refractivity contribution in [2.75, 3.05) is 6.54 Å². The van der Waals surface area contributed by atoms with Crippen LogP contribution in [0.5, 0.6) is 0 Å². The summed E-state index contributed by atoms with van der Waals surface area (Å²) in [5.74, 6) is -2.28. The van der Waals surface area contributed by atoms with Crippen LogP contribution < -0.4 is 21.7 Å². The third-order valence-electron chi connectivity index (χ3n) is 5.87. The quantitative estimate of drug-likeness (QED) is 0.387. The molecule has 0 aliphatic carbocycles. The number of nitrogens with two attached hydrogens (primary N) is 1. The van der Waals surface area contributed by atoms with E-state index in [0.717, 1.165) is 11.8 Å². The summed E-state index contributed by atoms with van der Waals surface area (Å²) in [4.78, 5) is 53.4. The summed E-state index contributed by atoms with van der Waals surface area (Å²) in [5.41, 5.74) is 6.13. The molecule has 9 nitrogen and oxygen atoms in total. The predicted molar refractivity (Wildman–Crippen MR) is 130 cm³/mol. The zero-order valence-electron chi connectivity index (χ0n) is 19.7. The zero-order chi connectivity index (χ0) is 25.0. The number of para-hydroxylation sites is 1. The van der Waals surface area contributed by atoms with E-state index in [9.17, 15) is 19.2 Å². The van der Waals surface area contributed by atoms with Crippen LogP contribution >= 0.6 is 11.6 Å². The van der Waals surface area contributed by atoms with Crippen molar-refractivity contribution in [2.24, 2.45) is 17.1 Å². The number of amides is 4. The zero-order valence-corrected chi connectivity index (χ0v) is 20.4. The van der Waals surface area contributed by atoms with Crippen molar-refractivity contribution in [1.82, 2.24) is 20.9 Å². The average molecular weight is 490 g/mol. The Morgan fingerprint density at radius 3 is 2.56 bits per heavy atom. The second kappa shape index (κ2) is 10.5. The first-order valence-electron chi connectivity index (χ1n) is 11.4. The van der Waals surface area contributed by atoms with Crippen molar-refractivity contribution in [3.05, 3.63) is 35.0 Å². The summed E-state index contributed by atoms with van der Waals surface area (Å²) < 4.78 is 0. The number of primary amides is 1. The molecule has 1 aliphatic heterocycles. The number of piperidine rings is 1. The number of H-pyrrole nitrogens is 1. The van der Waals surface area contributed by atoms with Crippen molar-refractivity contribution in [2.45, 2.75) is 58.5 Å². The third-order valence-corrected chi connectivity index (χ3v) is 6.18. The second-order valence-electron chi connectivity index (χ2n) is 10.0. The van der Waals surface area contributed by atoms with Gasteiger partial charge in [-0.15, -0.1) is 0 Å². The highest BCUT2D eigenvalue weighted by molar-refractivity contribution is 6.35. The van der Waals surface area contributed by atoms with E-state index in [1.54, 1.807) is 18.2 Å². The smallest absolute Gasteiger partial charge is 0.268 e. The van der Waals surface area contributed by atoms with E-state index < -0.39 is 35.7 Å². The molecule has 1 saturated heterocycles. The van der Waals surface area contributed by atoms with Crippen LogP contribution in [-0.2, 0) is 14.4 Å². The van der Waals surface area contributed by atoms with Gasteiger partial charge in [-0.2, -0.15) is 0 Å². The number of hydrogen-bond acceptors (Lipinski definition) is 4. The maximum absolute atomic E-state index is 13.2. The molecule has 34 heavy (non-hydrogen) atoms. The summed E-state index contributed by atoms with van der Waals surface area (Å²) >= 11 is 6.20. The Bertz CT molecular complexity index is 1090. The molecule has 2 heterocycles. The first-order valence-corrected chi connectivity index (χ1v) is 11.8. The molecule has 6 N–H and O–H groups in total. The van der Waals surface area contributed by atoms with E-state index >= 15 is 0 Å². The van der Waals surface area contributed by atoms with Crippen LogP contribution in [0.1, 0.15) is 56.9 Å². The number of hydrogen-bond donors (Lipinski definition) is 5. The fourth-order valence-corrected chi connectivity index (χ4v) is 4.39. The van der Waals surface area contributed by atoms with Gasteiger partial charge in [-0.1, -0.05) is 44.5 Å². The number of carbonyl (C=O) groups is 4. The van der Waals surface area contributed by atoms with Gasteiger partial charge in [-0.3, -0.25) is 19.2 Å². The normalized spacial score (nSPS) is 18.1. The van der Waals surface area contributed by atoms with E-state index in [1.165, 1.54) is 0 Å². The summed E-state index contributed by atoms with van der Waals surface area (Å²) in [7, 11) is 0. The van der Waals surface area contributed by atoms with Crippen LogP contribution in [0.3, 0.4) is 0 Å². The van der Waals surface area contributed by atoms with Gasteiger partial charge in [-0.05, 0) is 43.2 Å². The van der Waals surface area contributed by atoms with Gasteiger partial charge < -0.3 is 26.7 Å². The summed E-state index contributed by atoms with van der Waals surface area (Å²) in [6.45, 7) is 6.43. The SMILES string of the molecule is CC(C)(C)CC(NC(=O)c1cc2cccc(Cl)c2[nH]1)C(=O)NC(CC1CCCNC1=O)C(N)=O. The van der Waals surface area contributed by atoms with E-state index in [4.69, 9.17) is 17.3 Å². The van der Waals surface area contributed by atoms with Crippen LogP contribution in [0.4, 0.5) is 0 Å². The molecule has 1 aliphatic rings. The Hall–Kier alpha value is -3.07. The van der Waals surface area contributed by atoms with Crippen LogP contribution in [0.25, 0.3) is 10.9 Å². The van der Waals surface area contributed by atoms with Gasteiger partial charge in [0.15, 0.2) is 0 Å². The van der Waals surface area contributed by atoms with Gasteiger partial charge >= 0.3 is 0 Å². The molecule has 184 valence electrons. The molecule has 10 heteroatoms. The number of halogens is 1. The van der Waals surface area contributed by atoms with Gasteiger partial charge in [0.2, 0.25) is 17.7 Å². The maximum Gasteiger partial charge on any atom is 0.268 e. The molecule has 1 aromatic heterocycles. The monoisotopic (exact) mass is 489 g/mol. The molecule has 3 unspecified atom stereocenters. The first kappa shape index (κ1) is 25.6. The number of benzene rings is 1. The Kier molecular flexibility index (Phi) is 7.86. The lowest BCUT2D eigenvalue weighted by Crippen LogP contribution is -2.55. The van der Waals surface area contributed by atoms with Gasteiger partial charge in [0.1, 0.15) is 17.8 Å². The van der Waals surface area contributed by atoms with E-state index in [-0.39, 0.29) is 23.4 Å². The highest BCUT2D eigenvalue weighted by Crippen LogP contribution is 2.25. The topological polar surface area (TPSA) is 146 Å². The molecule has 1 aromatic carbocycles. The minimum atomic E-state index is -1.02. The fourth-order valence-electron chi connectivity index (χ4n) is 4.16. The Labute approximate surface area is 203 Å². The molecule has 0 saturated carbocycles. The third kappa shape index (κ3) is 6.50. The minimum Gasteiger partial charge on any atom is -0.368 e. The molecule has 3 rings (SSSR count). The highest BCUT2D eigenvalue weighted by Gasteiger charge is 2.33. The number of aromatic nitrogens is 1. The van der Waals surface area contributed by atoms with Crippen molar-refractivity contribution < 1.29 is 19.2 Å². The molecule has 3 atom stereocenters. The number of fused-ring (bicyclic) bond motifs is 1. The number of carbonyl (C=O) groups excluding carboxylic acids is 4. The molecular formula is C24H32ClN5O4. The predicted octanol–water partition coefficient (Wildman–Crippen LogP) is 2.24. The Balaban J connectivity index is 1.76. The van der Waals surface area contributed by atoms with E-state index in [0.29, 0.717) is 29.9 Å². The summed E-state index contributed by atoms with van der Waals surface area (Å²) in [6.07, 6.45) is 1.86. The first-order chi connectivity index (χ1) is 15.9. The number of nitrogens with one attached hydrogen (secondary N) is 4. The standard InChI is InChI=1S/C24H32ClN5O4/c1-24(2,3)12-18(30-22(33)17-10-13-6-4-8-15(25)19(13)28-17)23(34)29-16(20(26)31)11-14-7-5-9-27-21(14)32/h4,6,8,10,14,16,18,28H,5,7,9,11-12H2,1-3H3,(H2,26,31)(H,27,32)(H,29,34)(H,30,33). The molecule has 0 spiro atoms. The van der Waals surface area contributed by atoms with Gasteiger partial charge in [0, 0.05) is 17.8 Å². The largest absolute Gasteiger partial charge is 0.368 e. The lowest BCUT2D eigenvalue weighted by atomic mass is 9.87. The van der Waals surface area contributed by atoms with Gasteiger partial charge in [-0.25, -0.2) is 0 Å². The highest BCUT2D eigenvalue weighted by atomic mass is 35.5. The van der Waals surface area contributed by atoms with Crippen LogP contribution in [-0.4, -0.2) is 47.2 Å². The molecule has 0 bridgehead atoms. The summed E-state index contributed by atoms with van der Waals surface area (Å²) in [5, 5.41) is 9.45. The molecule has 0 radical (unpaired) electrons. The average Bonchev–Trinajstić information content (AvgIpc) is 3.19.